The number of esters is 2. The van der Waals surface area contributed by atoms with Crippen molar-refractivity contribution in [2.45, 2.75) is 166 Å². The Morgan fingerprint density at radius 1 is 0.649 bits per heavy atom. The van der Waals surface area contributed by atoms with Crippen molar-refractivity contribution in [3.63, 3.8) is 0 Å². The van der Waals surface area contributed by atoms with Crippen molar-refractivity contribution in [2.24, 2.45) is 5.73 Å². The van der Waals surface area contributed by atoms with Gasteiger partial charge in [-0.3, -0.25) is 23.4 Å². The number of ether oxygens (including phenoxy) is 2. The summed E-state index contributed by atoms with van der Waals surface area (Å²) < 4.78 is 32.4. The number of aliphatic hydroxyl groups is 3. The molecule has 0 fully saturated rings. The SMILES string of the molecule is CCCCCC/C=C\CCCCCCCC(=O)OC[C@H](COP(=O)(O)OC[C@H](N)C(=O)O)OC(=O)CCC[C@H](O)[C@@H](O)/C=C/C=C/C=C\C=C\[C@@H](O)CCCCC. The van der Waals surface area contributed by atoms with E-state index in [2.05, 4.69) is 30.5 Å². The highest BCUT2D eigenvalue weighted by atomic mass is 31.2. The lowest BCUT2D eigenvalue weighted by atomic mass is 10.1. The average molecular weight is 830 g/mol. The van der Waals surface area contributed by atoms with Gasteiger partial charge in [-0.15, -0.1) is 0 Å². The molecule has 0 radical (unpaired) electrons. The normalized spacial score (nSPS) is 16.1. The lowest BCUT2D eigenvalue weighted by Gasteiger charge is -2.20. The molecule has 0 aromatic heterocycles. The fraction of sp³-hybridized carbons (Fsp3) is 0.690. The van der Waals surface area contributed by atoms with Gasteiger partial charge < -0.3 is 40.5 Å². The predicted molar refractivity (Wildman–Crippen MR) is 221 cm³/mol. The molecule has 0 heterocycles. The fourth-order valence-electron chi connectivity index (χ4n) is 5.15. The van der Waals surface area contributed by atoms with Crippen LogP contribution in [0.4, 0.5) is 0 Å². The highest BCUT2D eigenvalue weighted by Crippen LogP contribution is 2.43. The van der Waals surface area contributed by atoms with Crippen LogP contribution in [-0.2, 0) is 37.5 Å². The highest BCUT2D eigenvalue weighted by molar-refractivity contribution is 7.47. The Balaban J connectivity index is 4.78. The number of aliphatic hydroxyl groups excluding tert-OH is 3. The van der Waals surface area contributed by atoms with E-state index in [4.69, 9.17) is 24.8 Å². The lowest BCUT2D eigenvalue weighted by molar-refractivity contribution is -0.161. The van der Waals surface area contributed by atoms with Crippen LogP contribution in [0.25, 0.3) is 0 Å². The number of nitrogens with two attached hydrogens (primary N) is 1. The van der Waals surface area contributed by atoms with Crippen LogP contribution in [0, 0.1) is 0 Å². The van der Waals surface area contributed by atoms with Crippen molar-refractivity contribution < 1.29 is 62.8 Å². The summed E-state index contributed by atoms with van der Waals surface area (Å²) in [6.07, 6.45) is 29.5. The van der Waals surface area contributed by atoms with Crippen LogP contribution < -0.4 is 5.73 Å². The molecule has 0 aromatic rings. The number of rotatable bonds is 37. The van der Waals surface area contributed by atoms with Gasteiger partial charge in [0.1, 0.15) is 12.6 Å². The summed E-state index contributed by atoms with van der Waals surface area (Å²) in [6, 6.07) is -1.58. The molecule has 6 atom stereocenters. The predicted octanol–water partition coefficient (Wildman–Crippen LogP) is 7.30. The standard InChI is InChI=1S/C42H72NO13P/c1-3-5-7-8-9-10-11-12-13-14-15-20-24-30-40(47)53-32-36(33-54-57(51,52)55-34-37(43)42(49)50)56-41(48)31-25-29-39(46)38(45)28-23-19-17-16-18-22-27-35(44)26-21-6-4-2/h10-11,16-19,22-23,27-28,35-39,44-46H,3-9,12-15,20-21,24-26,29-34,43H2,1-2H3,(H,49,50)(H,51,52)/b11-10-,18-16-,19-17+,27-22+,28-23+/t35-,36+,37-,38-,39-/m0/s1. The van der Waals surface area contributed by atoms with E-state index in [1.807, 2.05) is 0 Å². The van der Waals surface area contributed by atoms with Gasteiger partial charge in [0.25, 0.3) is 0 Å². The van der Waals surface area contributed by atoms with Crippen LogP contribution in [0.3, 0.4) is 0 Å². The molecule has 0 aliphatic carbocycles. The van der Waals surface area contributed by atoms with Crippen LogP contribution in [0.2, 0.25) is 0 Å². The summed E-state index contributed by atoms with van der Waals surface area (Å²) in [7, 11) is -4.82. The van der Waals surface area contributed by atoms with Crippen molar-refractivity contribution in [3.05, 3.63) is 60.8 Å². The molecule has 57 heavy (non-hydrogen) atoms. The molecule has 15 heteroatoms. The van der Waals surface area contributed by atoms with Crippen molar-refractivity contribution in [1.82, 2.24) is 0 Å². The third-order valence-corrected chi connectivity index (χ3v) is 9.56. The fourth-order valence-corrected chi connectivity index (χ4v) is 5.93. The number of hydrogen-bond acceptors (Lipinski definition) is 12. The quantitative estimate of drug-likeness (QED) is 0.0119. The molecule has 7 N–H and O–H groups in total. The van der Waals surface area contributed by atoms with Gasteiger partial charge in [0.05, 0.1) is 31.5 Å². The number of unbranched alkanes of at least 4 members (excludes halogenated alkanes) is 11. The third kappa shape index (κ3) is 34.8. The lowest BCUT2D eigenvalue weighted by Crippen LogP contribution is -2.34. The topological polar surface area (TPSA) is 232 Å². The van der Waals surface area contributed by atoms with Crippen molar-refractivity contribution in [2.75, 3.05) is 19.8 Å². The minimum Gasteiger partial charge on any atom is -0.480 e. The molecule has 14 nitrogen and oxygen atoms in total. The Hall–Kier alpha value is -2.94. The molecule has 0 amide bonds. The number of carboxylic acids is 1. The summed E-state index contributed by atoms with van der Waals surface area (Å²) in [6.45, 7) is 2.30. The number of carbonyl (C=O) groups excluding carboxylic acids is 2. The molecule has 328 valence electrons. The van der Waals surface area contributed by atoms with Gasteiger partial charge in [0, 0.05) is 12.8 Å². The van der Waals surface area contributed by atoms with Gasteiger partial charge in [0.2, 0.25) is 0 Å². The maximum Gasteiger partial charge on any atom is 0.472 e. The zero-order valence-corrected chi connectivity index (χ0v) is 35.1. The van der Waals surface area contributed by atoms with Gasteiger partial charge in [-0.05, 0) is 51.4 Å². The molecule has 0 saturated carbocycles. The van der Waals surface area contributed by atoms with Crippen LogP contribution in [-0.4, -0.2) is 93.5 Å². The molecule has 0 aromatic carbocycles. The average Bonchev–Trinajstić information content (AvgIpc) is 3.17. The minimum atomic E-state index is -4.82. The van der Waals surface area contributed by atoms with Crippen LogP contribution in [0.5, 0.6) is 0 Å². The van der Waals surface area contributed by atoms with Crippen molar-refractivity contribution in [1.29, 1.82) is 0 Å². The van der Waals surface area contributed by atoms with E-state index < -0.39 is 76.0 Å². The Morgan fingerprint density at radius 3 is 1.84 bits per heavy atom. The number of carboxylic acid groups (broad SMARTS) is 1. The van der Waals surface area contributed by atoms with Crippen LogP contribution in [0.15, 0.2) is 60.8 Å². The van der Waals surface area contributed by atoms with Crippen LogP contribution in [0.1, 0.15) is 136 Å². The van der Waals surface area contributed by atoms with E-state index in [1.54, 1.807) is 42.5 Å². The number of carbonyl (C=O) groups is 3. The van der Waals surface area contributed by atoms with E-state index in [0.29, 0.717) is 6.42 Å². The Labute approximate surface area is 340 Å². The zero-order valence-electron chi connectivity index (χ0n) is 34.2. The Morgan fingerprint density at radius 2 is 1.19 bits per heavy atom. The monoisotopic (exact) mass is 829 g/mol. The second-order valence-electron chi connectivity index (χ2n) is 14.0. The molecule has 0 saturated heterocycles. The molecule has 0 aliphatic heterocycles. The highest BCUT2D eigenvalue weighted by Gasteiger charge is 2.28. The Bertz CT molecular complexity index is 1250. The first kappa shape index (κ1) is 54.1. The number of phosphoric ester groups is 1. The first-order chi connectivity index (χ1) is 27.3. The van der Waals surface area contributed by atoms with Gasteiger partial charge in [-0.25, -0.2) is 4.57 Å². The summed E-state index contributed by atoms with van der Waals surface area (Å²) >= 11 is 0. The second-order valence-corrected chi connectivity index (χ2v) is 15.4. The summed E-state index contributed by atoms with van der Waals surface area (Å²) in [4.78, 5) is 45.9. The van der Waals surface area contributed by atoms with Gasteiger partial charge in [-0.2, -0.15) is 0 Å². The summed E-state index contributed by atoms with van der Waals surface area (Å²) in [5, 5.41) is 39.3. The van der Waals surface area contributed by atoms with Gasteiger partial charge in [0.15, 0.2) is 6.10 Å². The van der Waals surface area contributed by atoms with Gasteiger partial charge in [-0.1, -0.05) is 132 Å². The minimum absolute atomic E-state index is 0.0467. The molecular formula is C42H72NO13P. The van der Waals surface area contributed by atoms with Gasteiger partial charge >= 0.3 is 25.7 Å². The molecule has 0 aliphatic rings. The second kappa shape index (κ2) is 36.2. The molecular weight excluding hydrogens is 757 g/mol. The molecule has 0 spiro atoms. The van der Waals surface area contributed by atoms with E-state index in [-0.39, 0.29) is 25.7 Å². The largest absolute Gasteiger partial charge is 0.480 e. The summed E-state index contributed by atoms with van der Waals surface area (Å²) in [5.41, 5.74) is 5.30. The maximum atomic E-state index is 12.6. The number of allylic oxidation sites excluding steroid dienone is 8. The number of phosphoric acid groups is 1. The van der Waals surface area contributed by atoms with E-state index >= 15 is 0 Å². The van der Waals surface area contributed by atoms with Crippen molar-refractivity contribution in [3.8, 4) is 0 Å². The van der Waals surface area contributed by atoms with Crippen molar-refractivity contribution >= 4 is 25.7 Å². The number of hydrogen-bond donors (Lipinski definition) is 6. The Kier molecular flexibility index (Phi) is 34.3. The number of aliphatic carboxylic acids is 1. The van der Waals surface area contributed by atoms with E-state index in [0.717, 1.165) is 64.2 Å². The zero-order chi connectivity index (χ0) is 42.6. The molecule has 0 bridgehead atoms. The molecule has 0 rings (SSSR count). The maximum absolute atomic E-state index is 12.6. The smallest absolute Gasteiger partial charge is 0.472 e. The summed E-state index contributed by atoms with van der Waals surface area (Å²) in [5.74, 6) is -2.77. The third-order valence-electron chi connectivity index (χ3n) is 8.60. The molecule has 1 unspecified atom stereocenters. The van der Waals surface area contributed by atoms with E-state index in [9.17, 15) is 39.2 Å². The first-order valence-corrected chi connectivity index (χ1v) is 22.1. The van der Waals surface area contributed by atoms with Crippen LogP contribution >= 0.6 is 7.82 Å². The first-order valence-electron chi connectivity index (χ1n) is 20.6. The van der Waals surface area contributed by atoms with E-state index in [1.165, 1.54) is 31.8 Å².